The van der Waals surface area contributed by atoms with Gasteiger partial charge in [0.2, 0.25) is 0 Å². The van der Waals surface area contributed by atoms with E-state index >= 15 is 0 Å². The lowest BCUT2D eigenvalue weighted by Gasteiger charge is -2.15. The third kappa shape index (κ3) is 3.38. The van der Waals surface area contributed by atoms with E-state index in [9.17, 15) is 9.59 Å². The van der Waals surface area contributed by atoms with Gasteiger partial charge < -0.3 is 10.3 Å². The van der Waals surface area contributed by atoms with Gasteiger partial charge in [-0.15, -0.1) is 11.6 Å². The molecule has 1 aromatic rings. The van der Waals surface area contributed by atoms with Crippen LogP contribution < -0.4 is 10.7 Å². The average molecular weight is 243 g/mol. The monoisotopic (exact) mass is 242 g/mol. The van der Waals surface area contributed by atoms with Gasteiger partial charge in [-0.25, -0.2) is 0 Å². The van der Waals surface area contributed by atoms with Crippen molar-refractivity contribution in [3.05, 3.63) is 34.2 Å². The van der Waals surface area contributed by atoms with Crippen LogP contribution in [0.3, 0.4) is 0 Å². The molecule has 2 N–H and O–H groups in total. The molecule has 1 heterocycles. The summed E-state index contributed by atoms with van der Waals surface area (Å²) in [6.07, 6.45) is 4.40. The van der Waals surface area contributed by atoms with Crippen LogP contribution in [0.4, 0.5) is 0 Å². The molecule has 4 nitrogen and oxygen atoms in total. The third-order valence-electron chi connectivity index (χ3n) is 2.35. The zero-order valence-electron chi connectivity index (χ0n) is 9.13. The van der Waals surface area contributed by atoms with E-state index in [0.717, 1.165) is 6.42 Å². The highest BCUT2D eigenvalue weighted by atomic mass is 35.5. The molecule has 0 saturated carbocycles. The Balaban J connectivity index is 2.72. The quantitative estimate of drug-likeness (QED) is 0.769. The van der Waals surface area contributed by atoms with E-state index < -0.39 is 0 Å². The molecule has 1 aromatic heterocycles. The largest absolute Gasteiger partial charge is 0.367 e. The number of aromatic nitrogens is 1. The fourth-order valence-corrected chi connectivity index (χ4v) is 1.63. The first-order valence-corrected chi connectivity index (χ1v) is 5.76. The van der Waals surface area contributed by atoms with Crippen molar-refractivity contribution in [1.29, 1.82) is 0 Å². The third-order valence-corrected chi connectivity index (χ3v) is 2.57. The fraction of sp³-hybridized carbons (Fsp3) is 0.455. The van der Waals surface area contributed by atoms with E-state index in [1.807, 2.05) is 6.92 Å². The van der Waals surface area contributed by atoms with E-state index in [0.29, 0.717) is 12.3 Å². The summed E-state index contributed by atoms with van der Waals surface area (Å²) in [4.78, 5) is 25.8. The Hall–Kier alpha value is -1.29. The van der Waals surface area contributed by atoms with Crippen LogP contribution in [-0.4, -0.2) is 22.8 Å². The summed E-state index contributed by atoms with van der Waals surface area (Å²) >= 11 is 5.62. The number of alkyl halides is 1. The zero-order chi connectivity index (χ0) is 12.0. The van der Waals surface area contributed by atoms with Crippen LogP contribution in [0.15, 0.2) is 23.3 Å². The van der Waals surface area contributed by atoms with Gasteiger partial charge in [-0.1, -0.05) is 6.92 Å². The van der Waals surface area contributed by atoms with Crippen LogP contribution in [0, 0.1) is 0 Å². The van der Waals surface area contributed by atoms with Crippen molar-refractivity contribution in [3.63, 3.8) is 0 Å². The molecule has 88 valence electrons. The van der Waals surface area contributed by atoms with E-state index in [1.165, 1.54) is 18.5 Å². The highest BCUT2D eigenvalue weighted by Gasteiger charge is 2.13. The molecule has 0 bridgehead atoms. The molecule has 16 heavy (non-hydrogen) atoms. The normalized spacial score (nSPS) is 12.1. The zero-order valence-corrected chi connectivity index (χ0v) is 9.88. The van der Waals surface area contributed by atoms with E-state index in [-0.39, 0.29) is 22.9 Å². The van der Waals surface area contributed by atoms with Gasteiger partial charge in [0.25, 0.3) is 5.91 Å². The fourth-order valence-electron chi connectivity index (χ4n) is 1.37. The van der Waals surface area contributed by atoms with Crippen LogP contribution in [-0.2, 0) is 0 Å². The number of nitrogens with one attached hydrogen (secondary N) is 2. The van der Waals surface area contributed by atoms with Crippen molar-refractivity contribution in [2.45, 2.75) is 25.8 Å². The number of rotatable bonds is 5. The Bertz CT molecular complexity index is 403. The number of amides is 1. The van der Waals surface area contributed by atoms with Crippen LogP contribution in [0.1, 0.15) is 30.1 Å². The van der Waals surface area contributed by atoms with Gasteiger partial charge in [-0.3, -0.25) is 9.59 Å². The first-order valence-electron chi connectivity index (χ1n) is 5.23. The maximum Gasteiger partial charge on any atom is 0.256 e. The summed E-state index contributed by atoms with van der Waals surface area (Å²) < 4.78 is 0. The maximum atomic E-state index is 11.7. The van der Waals surface area contributed by atoms with Crippen molar-refractivity contribution >= 4 is 17.5 Å². The Morgan fingerprint density at radius 2 is 2.38 bits per heavy atom. The van der Waals surface area contributed by atoms with E-state index in [1.54, 1.807) is 0 Å². The first kappa shape index (κ1) is 12.8. The van der Waals surface area contributed by atoms with Crippen molar-refractivity contribution < 1.29 is 4.79 Å². The second-order valence-electron chi connectivity index (χ2n) is 3.48. The Kier molecular flexibility index (Phi) is 5.05. The highest BCUT2D eigenvalue weighted by Crippen LogP contribution is 2.00. The molecule has 0 aliphatic heterocycles. The van der Waals surface area contributed by atoms with Crippen LogP contribution in [0.2, 0.25) is 0 Å². The number of H-pyrrole nitrogens is 1. The second kappa shape index (κ2) is 6.33. The molecule has 1 atom stereocenters. The number of aromatic amines is 1. The molecule has 0 aliphatic rings. The molecule has 1 unspecified atom stereocenters. The number of carbonyl (C=O) groups excluding carboxylic acids is 1. The topological polar surface area (TPSA) is 62.0 Å². The maximum absolute atomic E-state index is 11.7. The summed E-state index contributed by atoms with van der Waals surface area (Å²) in [5, 5.41) is 2.78. The SMILES string of the molecule is CCC(CCCl)NC(=O)c1c[nH]ccc1=O. The lowest BCUT2D eigenvalue weighted by molar-refractivity contribution is 0.0933. The van der Waals surface area contributed by atoms with Crippen molar-refractivity contribution in [3.8, 4) is 0 Å². The highest BCUT2D eigenvalue weighted by molar-refractivity contribution is 6.17. The molecule has 1 amide bonds. The molecule has 0 saturated heterocycles. The molecule has 0 aliphatic carbocycles. The molecule has 1 rings (SSSR count). The summed E-state index contributed by atoms with van der Waals surface area (Å²) in [7, 11) is 0. The first-order chi connectivity index (χ1) is 7.69. The van der Waals surface area contributed by atoms with Gasteiger partial charge in [0, 0.05) is 30.4 Å². The second-order valence-corrected chi connectivity index (χ2v) is 3.86. The van der Waals surface area contributed by atoms with Crippen molar-refractivity contribution in [2.75, 3.05) is 5.88 Å². The number of halogens is 1. The minimum absolute atomic E-state index is 0.0182. The Morgan fingerprint density at radius 3 is 2.94 bits per heavy atom. The summed E-state index contributed by atoms with van der Waals surface area (Å²) in [5.74, 6) is 0.142. The van der Waals surface area contributed by atoms with E-state index in [4.69, 9.17) is 11.6 Å². The lowest BCUT2D eigenvalue weighted by atomic mass is 10.1. The summed E-state index contributed by atoms with van der Waals surface area (Å²) in [6.45, 7) is 1.97. The number of carbonyl (C=O) groups is 1. The van der Waals surface area contributed by atoms with Gasteiger partial charge in [0.15, 0.2) is 5.43 Å². The van der Waals surface area contributed by atoms with Gasteiger partial charge in [0.1, 0.15) is 5.56 Å². The van der Waals surface area contributed by atoms with Crippen molar-refractivity contribution in [2.24, 2.45) is 0 Å². The van der Waals surface area contributed by atoms with Crippen molar-refractivity contribution in [1.82, 2.24) is 10.3 Å². The summed E-state index contributed by atoms with van der Waals surface area (Å²) in [5.41, 5.74) is -0.146. The van der Waals surface area contributed by atoms with Crippen LogP contribution in [0.5, 0.6) is 0 Å². The number of hydrogen-bond acceptors (Lipinski definition) is 2. The molecular formula is C11H15ClN2O2. The van der Waals surface area contributed by atoms with E-state index in [2.05, 4.69) is 10.3 Å². The summed E-state index contributed by atoms with van der Waals surface area (Å²) in [6, 6.07) is 1.35. The Labute approximate surface area is 99.0 Å². The molecule has 5 heteroatoms. The molecule has 0 spiro atoms. The predicted molar refractivity (Wildman–Crippen MR) is 63.9 cm³/mol. The van der Waals surface area contributed by atoms with Crippen LogP contribution in [0.25, 0.3) is 0 Å². The molecule has 0 fully saturated rings. The molecular weight excluding hydrogens is 228 g/mol. The number of hydrogen-bond donors (Lipinski definition) is 2. The smallest absolute Gasteiger partial charge is 0.256 e. The Morgan fingerprint density at radius 1 is 1.62 bits per heavy atom. The lowest BCUT2D eigenvalue weighted by Crippen LogP contribution is -2.37. The van der Waals surface area contributed by atoms with Gasteiger partial charge in [-0.2, -0.15) is 0 Å². The number of pyridine rings is 1. The van der Waals surface area contributed by atoms with Gasteiger partial charge in [0.05, 0.1) is 0 Å². The van der Waals surface area contributed by atoms with Crippen LogP contribution >= 0.6 is 11.6 Å². The minimum atomic E-state index is -0.348. The predicted octanol–water partition coefficient (Wildman–Crippen LogP) is 1.51. The molecule has 0 aromatic carbocycles. The van der Waals surface area contributed by atoms with Gasteiger partial charge >= 0.3 is 0 Å². The molecule has 0 radical (unpaired) electrons. The van der Waals surface area contributed by atoms with Gasteiger partial charge in [-0.05, 0) is 12.8 Å². The minimum Gasteiger partial charge on any atom is -0.367 e. The standard InChI is InChI=1S/C11H15ClN2O2/c1-2-8(3-5-12)14-11(16)9-7-13-6-4-10(9)15/h4,6-8H,2-3,5H2,1H3,(H,13,15)(H,14,16). The average Bonchev–Trinajstić information content (AvgIpc) is 2.28.